The van der Waals surface area contributed by atoms with Crippen molar-refractivity contribution in [1.82, 2.24) is 4.98 Å². The van der Waals surface area contributed by atoms with Gasteiger partial charge in [0.1, 0.15) is 5.75 Å². The number of aromatic hydroxyl groups is 1. The van der Waals surface area contributed by atoms with E-state index < -0.39 is 29.3 Å². The second kappa shape index (κ2) is 4.84. The van der Waals surface area contributed by atoms with E-state index in [1.807, 2.05) is 0 Å². The van der Waals surface area contributed by atoms with Crippen molar-refractivity contribution in [3.8, 4) is 5.75 Å². The third-order valence-electron chi connectivity index (χ3n) is 1.98. The minimum Gasteiger partial charge on any atom is -0.505 e. The lowest BCUT2D eigenvalue weighted by molar-refractivity contribution is 0.0587. The van der Waals surface area contributed by atoms with Crippen LogP contribution < -0.4 is 5.73 Å². The van der Waals surface area contributed by atoms with Gasteiger partial charge >= 0.3 is 5.97 Å². The molecule has 0 aliphatic heterocycles. The first-order valence-electron chi connectivity index (χ1n) is 4.30. The maximum atomic E-state index is 12.7. The van der Waals surface area contributed by atoms with Crippen LogP contribution in [0.1, 0.15) is 28.0 Å². The number of carbonyl (C=O) groups excluding carboxylic acids is 1. The van der Waals surface area contributed by atoms with E-state index in [0.717, 1.165) is 13.3 Å². The summed E-state index contributed by atoms with van der Waals surface area (Å²) in [6, 6.07) is 0. The van der Waals surface area contributed by atoms with Crippen LogP contribution in [0.3, 0.4) is 0 Å². The first-order chi connectivity index (χ1) is 7.52. The zero-order valence-corrected chi connectivity index (χ0v) is 8.41. The zero-order chi connectivity index (χ0) is 12.3. The molecule has 0 aliphatic carbocycles. The third kappa shape index (κ3) is 2.08. The second-order valence-corrected chi connectivity index (χ2v) is 2.88. The molecule has 1 rings (SSSR count). The molecule has 0 bridgehead atoms. The molecular formula is C9H10F2N2O3. The number of esters is 1. The SMILES string of the molecule is COC(=O)c1cnc(CN)c(O)c1C(F)F. The summed E-state index contributed by atoms with van der Waals surface area (Å²) >= 11 is 0. The van der Waals surface area contributed by atoms with Crippen molar-refractivity contribution >= 4 is 5.97 Å². The summed E-state index contributed by atoms with van der Waals surface area (Å²) in [6.07, 6.45) is -2.10. The molecule has 7 heteroatoms. The van der Waals surface area contributed by atoms with E-state index >= 15 is 0 Å². The maximum absolute atomic E-state index is 12.7. The first-order valence-corrected chi connectivity index (χ1v) is 4.30. The van der Waals surface area contributed by atoms with Crippen molar-refractivity contribution in [2.45, 2.75) is 13.0 Å². The highest BCUT2D eigenvalue weighted by Gasteiger charge is 2.25. The molecule has 1 aromatic heterocycles. The number of aromatic nitrogens is 1. The number of methoxy groups -OCH3 is 1. The Morgan fingerprint density at radius 1 is 1.69 bits per heavy atom. The Balaban J connectivity index is 3.40. The molecule has 0 radical (unpaired) electrons. The van der Waals surface area contributed by atoms with Crippen LogP contribution in [-0.4, -0.2) is 23.2 Å². The predicted octanol–water partition coefficient (Wildman–Crippen LogP) is 0.970. The number of nitrogens with zero attached hydrogens (tertiary/aromatic N) is 1. The average molecular weight is 232 g/mol. The van der Waals surface area contributed by atoms with Crippen molar-refractivity contribution in [2.75, 3.05) is 7.11 Å². The van der Waals surface area contributed by atoms with Crippen molar-refractivity contribution in [2.24, 2.45) is 5.73 Å². The molecule has 1 aromatic rings. The van der Waals surface area contributed by atoms with Gasteiger partial charge in [0, 0.05) is 12.7 Å². The van der Waals surface area contributed by atoms with Crippen LogP contribution in [0.25, 0.3) is 0 Å². The van der Waals surface area contributed by atoms with Crippen LogP contribution in [-0.2, 0) is 11.3 Å². The summed E-state index contributed by atoms with van der Waals surface area (Å²) < 4.78 is 29.6. The fourth-order valence-electron chi connectivity index (χ4n) is 1.20. The molecule has 0 saturated heterocycles. The Labute approximate surface area is 89.9 Å². The molecule has 3 N–H and O–H groups in total. The molecule has 5 nitrogen and oxygen atoms in total. The number of nitrogens with two attached hydrogens (primary N) is 1. The molecule has 0 aromatic carbocycles. The fraction of sp³-hybridized carbons (Fsp3) is 0.333. The van der Waals surface area contributed by atoms with Gasteiger partial charge in [0.2, 0.25) is 0 Å². The molecule has 0 saturated carbocycles. The molecule has 1 heterocycles. The van der Waals surface area contributed by atoms with E-state index in [1.54, 1.807) is 0 Å². The largest absolute Gasteiger partial charge is 0.505 e. The summed E-state index contributed by atoms with van der Waals surface area (Å²) in [5, 5.41) is 9.45. The number of carbonyl (C=O) groups is 1. The molecule has 0 amide bonds. The quantitative estimate of drug-likeness (QED) is 0.758. The van der Waals surface area contributed by atoms with Crippen molar-refractivity contribution in [3.63, 3.8) is 0 Å². The molecule has 16 heavy (non-hydrogen) atoms. The monoisotopic (exact) mass is 232 g/mol. The van der Waals surface area contributed by atoms with Crippen LogP contribution in [0.15, 0.2) is 6.20 Å². The maximum Gasteiger partial charge on any atom is 0.340 e. The van der Waals surface area contributed by atoms with Crippen LogP contribution >= 0.6 is 0 Å². The highest BCUT2D eigenvalue weighted by Crippen LogP contribution is 2.33. The van der Waals surface area contributed by atoms with Crippen LogP contribution in [0.4, 0.5) is 8.78 Å². The topological polar surface area (TPSA) is 85.4 Å². The molecular weight excluding hydrogens is 222 g/mol. The molecule has 88 valence electrons. The molecule has 0 unspecified atom stereocenters. The second-order valence-electron chi connectivity index (χ2n) is 2.88. The zero-order valence-electron chi connectivity index (χ0n) is 8.41. The Hall–Kier alpha value is -1.76. The fourth-order valence-corrected chi connectivity index (χ4v) is 1.20. The summed E-state index contributed by atoms with van der Waals surface area (Å²) in [4.78, 5) is 14.8. The predicted molar refractivity (Wildman–Crippen MR) is 50.1 cm³/mol. The number of hydrogen-bond acceptors (Lipinski definition) is 5. The number of halogens is 2. The normalized spacial score (nSPS) is 10.6. The molecule has 0 aliphatic rings. The number of alkyl halides is 2. The van der Waals surface area contributed by atoms with E-state index in [-0.39, 0.29) is 12.2 Å². The first kappa shape index (κ1) is 12.3. The molecule has 0 atom stereocenters. The van der Waals surface area contributed by atoms with Crippen molar-refractivity contribution in [3.05, 3.63) is 23.0 Å². The van der Waals surface area contributed by atoms with Crippen LogP contribution in [0.5, 0.6) is 5.75 Å². The van der Waals surface area contributed by atoms with Crippen LogP contribution in [0.2, 0.25) is 0 Å². The van der Waals surface area contributed by atoms with Gasteiger partial charge in [0.05, 0.1) is 23.9 Å². The van der Waals surface area contributed by atoms with Gasteiger partial charge in [-0.1, -0.05) is 0 Å². The average Bonchev–Trinajstić information content (AvgIpc) is 2.26. The standard InChI is InChI=1S/C9H10F2N2O3/c1-16-9(15)4-3-13-5(2-12)7(14)6(4)8(10)11/h3,8,14H,2,12H2,1H3. The number of rotatable bonds is 3. The molecule has 0 fully saturated rings. The van der Waals surface area contributed by atoms with E-state index in [4.69, 9.17) is 5.73 Å². The number of pyridine rings is 1. The Morgan fingerprint density at radius 3 is 2.75 bits per heavy atom. The third-order valence-corrected chi connectivity index (χ3v) is 1.98. The lowest BCUT2D eigenvalue weighted by Gasteiger charge is -2.11. The summed E-state index contributed by atoms with van der Waals surface area (Å²) in [6.45, 7) is -0.201. The van der Waals surface area contributed by atoms with Gasteiger partial charge in [0.25, 0.3) is 6.43 Å². The van der Waals surface area contributed by atoms with Gasteiger partial charge in [-0.15, -0.1) is 0 Å². The highest BCUT2D eigenvalue weighted by atomic mass is 19.3. The van der Waals surface area contributed by atoms with Gasteiger partial charge in [-0.05, 0) is 0 Å². The summed E-state index contributed by atoms with van der Waals surface area (Å²) in [7, 11) is 1.05. The minimum atomic E-state index is -3.01. The number of ether oxygens (including phenoxy) is 1. The van der Waals surface area contributed by atoms with E-state index in [1.165, 1.54) is 0 Å². The van der Waals surface area contributed by atoms with E-state index in [0.29, 0.717) is 0 Å². The highest BCUT2D eigenvalue weighted by molar-refractivity contribution is 5.91. The lowest BCUT2D eigenvalue weighted by Crippen LogP contribution is -2.10. The van der Waals surface area contributed by atoms with E-state index in [9.17, 15) is 18.7 Å². The van der Waals surface area contributed by atoms with Crippen molar-refractivity contribution in [1.29, 1.82) is 0 Å². The summed E-state index contributed by atoms with van der Waals surface area (Å²) in [5.41, 5.74) is 3.83. The van der Waals surface area contributed by atoms with Gasteiger partial charge in [-0.3, -0.25) is 4.98 Å². The summed E-state index contributed by atoms with van der Waals surface area (Å²) in [5.74, 6) is -1.75. The van der Waals surface area contributed by atoms with E-state index in [2.05, 4.69) is 9.72 Å². The minimum absolute atomic E-state index is 0.0945. The van der Waals surface area contributed by atoms with Gasteiger partial charge in [0.15, 0.2) is 0 Å². The van der Waals surface area contributed by atoms with Crippen molar-refractivity contribution < 1.29 is 23.4 Å². The van der Waals surface area contributed by atoms with Gasteiger partial charge in [-0.2, -0.15) is 0 Å². The number of hydrogen-bond donors (Lipinski definition) is 2. The Bertz CT molecular complexity index is 410. The Kier molecular flexibility index (Phi) is 3.73. The smallest absolute Gasteiger partial charge is 0.340 e. The van der Waals surface area contributed by atoms with Gasteiger partial charge in [-0.25, -0.2) is 13.6 Å². The van der Waals surface area contributed by atoms with Crippen LogP contribution in [0, 0.1) is 0 Å². The van der Waals surface area contributed by atoms with Gasteiger partial charge < -0.3 is 15.6 Å². The lowest BCUT2D eigenvalue weighted by atomic mass is 10.1. The Morgan fingerprint density at radius 2 is 2.31 bits per heavy atom. The molecule has 0 spiro atoms.